The molecule has 0 atom stereocenters. The maximum atomic E-state index is 4.89. The number of thiophene rings is 3. The van der Waals surface area contributed by atoms with Crippen molar-refractivity contribution in [2.75, 3.05) is 0 Å². The minimum atomic E-state index is 0.960. The average molecular weight is 389 g/mol. The summed E-state index contributed by atoms with van der Waals surface area (Å²) < 4.78 is 3.97. The van der Waals surface area contributed by atoms with Gasteiger partial charge in [-0.15, -0.1) is 34.0 Å². The van der Waals surface area contributed by atoms with Gasteiger partial charge in [-0.3, -0.25) is 0 Å². The predicted octanol–water partition coefficient (Wildman–Crippen LogP) is 7.39. The van der Waals surface area contributed by atoms with Crippen LogP contribution >= 0.6 is 34.0 Å². The summed E-state index contributed by atoms with van der Waals surface area (Å²) in [6, 6.07) is 19.5. The molecule has 4 aromatic heterocycles. The molecule has 6 aromatic rings. The minimum absolute atomic E-state index is 0.960. The molecule has 1 N–H and O–H groups in total. The maximum absolute atomic E-state index is 4.89. The smallest absolute Gasteiger partial charge is 0.140 e. The Hall–Kier alpha value is -2.47. The van der Waals surface area contributed by atoms with Crippen molar-refractivity contribution in [3.05, 3.63) is 65.4 Å². The third-order valence-electron chi connectivity index (χ3n) is 4.63. The van der Waals surface area contributed by atoms with Crippen LogP contribution < -0.4 is 0 Å². The van der Waals surface area contributed by atoms with Crippen molar-refractivity contribution < 1.29 is 0 Å². The monoisotopic (exact) mass is 388 g/mol. The SMILES string of the molecule is c1ccc2sc(-c3ccc4[nH]c(-c5csc6ccsc56)nc4c3)cc2c1. The van der Waals surface area contributed by atoms with E-state index in [1.165, 1.54) is 35.5 Å². The summed E-state index contributed by atoms with van der Waals surface area (Å²) in [6.45, 7) is 0. The number of aromatic amines is 1. The second-order valence-electron chi connectivity index (χ2n) is 6.23. The van der Waals surface area contributed by atoms with Crippen molar-refractivity contribution in [3.63, 3.8) is 0 Å². The molecule has 26 heavy (non-hydrogen) atoms. The number of imidazole rings is 1. The van der Waals surface area contributed by atoms with Crippen LogP contribution in [0.5, 0.6) is 0 Å². The Morgan fingerprint density at radius 3 is 2.81 bits per heavy atom. The molecule has 0 saturated carbocycles. The van der Waals surface area contributed by atoms with E-state index in [9.17, 15) is 0 Å². The van der Waals surface area contributed by atoms with E-state index >= 15 is 0 Å². The molecule has 0 amide bonds. The van der Waals surface area contributed by atoms with Gasteiger partial charge in [0.2, 0.25) is 0 Å². The lowest BCUT2D eigenvalue weighted by molar-refractivity contribution is 1.35. The summed E-state index contributed by atoms with van der Waals surface area (Å²) in [6.07, 6.45) is 0. The molecule has 2 aromatic carbocycles. The van der Waals surface area contributed by atoms with Crippen LogP contribution in [0.3, 0.4) is 0 Å². The van der Waals surface area contributed by atoms with Crippen LogP contribution in [0.1, 0.15) is 0 Å². The van der Waals surface area contributed by atoms with Gasteiger partial charge in [0.1, 0.15) is 5.82 Å². The number of fused-ring (bicyclic) bond motifs is 3. The largest absolute Gasteiger partial charge is 0.338 e. The van der Waals surface area contributed by atoms with Crippen molar-refractivity contribution in [2.24, 2.45) is 0 Å². The van der Waals surface area contributed by atoms with E-state index in [-0.39, 0.29) is 0 Å². The van der Waals surface area contributed by atoms with Gasteiger partial charge in [0, 0.05) is 25.2 Å². The molecule has 4 heterocycles. The number of nitrogens with one attached hydrogen (secondary N) is 1. The zero-order chi connectivity index (χ0) is 17.1. The van der Waals surface area contributed by atoms with Gasteiger partial charge in [-0.25, -0.2) is 4.98 Å². The van der Waals surface area contributed by atoms with Crippen LogP contribution in [-0.4, -0.2) is 9.97 Å². The third-order valence-corrected chi connectivity index (χ3v) is 7.82. The highest BCUT2D eigenvalue weighted by Crippen LogP contribution is 2.38. The van der Waals surface area contributed by atoms with Crippen LogP contribution in [0.4, 0.5) is 0 Å². The Balaban J connectivity index is 1.49. The lowest BCUT2D eigenvalue weighted by atomic mass is 10.1. The number of hydrogen-bond acceptors (Lipinski definition) is 4. The molecular weight excluding hydrogens is 376 g/mol. The van der Waals surface area contributed by atoms with Crippen molar-refractivity contribution in [3.8, 4) is 21.8 Å². The van der Waals surface area contributed by atoms with Gasteiger partial charge in [-0.05, 0) is 46.7 Å². The van der Waals surface area contributed by atoms with Crippen molar-refractivity contribution in [1.82, 2.24) is 9.97 Å². The zero-order valence-corrected chi connectivity index (χ0v) is 16.0. The highest BCUT2D eigenvalue weighted by atomic mass is 32.1. The van der Waals surface area contributed by atoms with E-state index in [0.717, 1.165) is 16.9 Å². The van der Waals surface area contributed by atoms with Gasteiger partial charge in [-0.2, -0.15) is 0 Å². The van der Waals surface area contributed by atoms with Crippen molar-refractivity contribution in [2.45, 2.75) is 0 Å². The molecule has 2 nitrogen and oxygen atoms in total. The molecule has 0 fully saturated rings. The normalized spacial score (nSPS) is 11.8. The topological polar surface area (TPSA) is 28.7 Å². The van der Waals surface area contributed by atoms with E-state index in [4.69, 9.17) is 4.98 Å². The Morgan fingerprint density at radius 2 is 1.85 bits per heavy atom. The first-order chi connectivity index (χ1) is 12.8. The number of hydrogen-bond donors (Lipinski definition) is 1. The zero-order valence-electron chi connectivity index (χ0n) is 13.5. The molecule has 6 rings (SSSR count). The van der Waals surface area contributed by atoms with Gasteiger partial charge in [0.25, 0.3) is 0 Å². The first-order valence-electron chi connectivity index (χ1n) is 8.29. The van der Waals surface area contributed by atoms with Gasteiger partial charge < -0.3 is 4.98 Å². The van der Waals surface area contributed by atoms with E-state index in [1.807, 2.05) is 11.3 Å². The molecule has 0 bridgehead atoms. The second-order valence-corrected chi connectivity index (χ2v) is 9.14. The lowest BCUT2D eigenvalue weighted by Gasteiger charge is -1.96. The van der Waals surface area contributed by atoms with E-state index in [0.29, 0.717) is 0 Å². The first kappa shape index (κ1) is 14.7. The van der Waals surface area contributed by atoms with Crippen LogP contribution in [0.2, 0.25) is 0 Å². The number of aromatic nitrogens is 2. The summed E-state index contributed by atoms with van der Waals surface area (Å²) in [7, 11) is 0. The van der Waals surface area contributed by atoms with Crippen molar-refractivity contribution in [1.29, 1.82) is 0 Å². The summed E-state index contributed by atoms with van der Waals surface area (Å²) in [5.41, 5.74) is 4.54. The molecule has 0 aliphatic rings. The predicted molar refractivity (Wildman–Crippen MR) is 116 cm³/mol. The van der Waals surface area contributed by atoms with Gasteiger partial charge in [0.15, 0.2) is 0 Å². The van der Waals surface area contributed by atoms with Crippen LogP contribution in [0.25, 0.3) is 52.3 Å². The van der Waals surface area contributed by atoms with Gasteiger partial charge in [-0.1, -0.05) is 24.3 Å². The number of nitrogens with zero attached hydrogens (tertiary/aromatic N) is 1. The fourth-order valence-electron chi connectivity index (χ4n) is 3.34. The fraction of sp³-hybridized carbons (Fsp3) is 0. The van der Waals surface area contributed by atoms with Gasteiger partial charge >= 0.3 is 0 Å². The quantitative estimate of drug-likeness (QED) is 0.329. The maximum Gasteiger partial charge on any atom is 0.140 e. The Labute approximate surface area is 161 Å². The van der Waals surface area contributed by atoms with E-state index in [2.05, 4.69) is 70.3 Å². The van der Waals surface area contributed by atoms with Crippen molar-refractivity contribution >= 4 is 64.5 Å². The Kier molecular flexibility index (Phi) is 3.11. The first-order valence-corrected chi connectivity index (χ1v) is 10.9. The molecule has 0 saturated heterocycles. The number of rotatable bonds is 2. The fourth-order valence-corrected chi connectivity index (χ4v) is 6.49. The number of benzene rings is 2. The van der Waals surface area contributed by atoms with Crippen LogP contribution in [0.15, 0.2) is 65.4 Å². The minimum Gasteiger partial charge on any atom is -0.338 e. The van der Waals surface area contributed by atoms with E-state index in [1.54, 1.807) is 22.7 Å². The summed E-state index contributed by atoms with van der Waals surface area (Å²) >= 11 is 5.39. The highest BCUT2D eigenvalue weighted by Gasteiger charge is 2.13. The average Bonchev–Trinajstić information content (AvgIpc) is 3.41. The van der Waals surface area contributed by atoms with Gasteiger partial charge in [0.05, 0.1) is 15.7 Å². The molecule has 0 aliphatic heterocycles. The van der Waals surface area contributed by atoms with Crippen LogP contribution in [-0.2, 0) is 0 Å². The highest BCUT2D eigenvalue weighted by molar-refractivity contribution is 7.26. The molecular formula is C21H12N2S3. The molecule has 0 spiro atoms. The Morgan fingerprint density at radius 1 is 0.885 bits per heavy atom. The van der Waals surface area contributed by atoms with E-state index < -0.39 is 0 Å². The second kappa shape index (κ2) is 5.51. The van der Waals surface area contributed by atoms with Crippen LogP contribution in [0, 0.1) is 0 Å². The summed E-state index contributed by atoms with van der Waals surface area (Å²) in [5, 5.41) is 5.65. The third kappa shape index (κ3) is 2.18. The summed E-state index contributed by atoms with van der Waals surface area (Å²) in [5.74, 6) is 0.960. The lowest BCUT2D eigenvalue weighted by Crippen LogP contribution is -1.75. The molecule has 124 valence electrons. The summed E-state index contributed by atoms with van der Waals surface area (Å²) in [4.78, 5) is 9.66. The molecule has 0 radical (unpaired) electrons. The molecule has 0 aliphatic carbocycles. The Bertz CT molecular complexity index is 1360. The number of H-pyrrole nitrogens is 1. The molecule has 5 heteroatoms. The molecule has 0 unspecified atom stereocenters. The standard InChI is InChI=1S/C21H12N2S3/c1-2-4-17-12(3-1)10-19(26-17)13-5-6-15-16(9-13)23-21(22-15)14-11-25-18-7-8-24-20(14)18/h1-11H,(H,22,23).